The van der Waals surface area contributed by atoms with Crippen LogP contribution in [0, 0.1) is 22.7 Å². The molecule has 0 spiro atoms. The van der Waals surface area contributed by atoms with Crippen molar-refractivity contribution in [1.82, 2.24) is 20.0 Å². The number of rotatable bonds is 3. The largest absolute Gasteiger partial charge is 0.315 e. The number of carbonyl (C=O) groups is 1. The minimum absolute atomic E-state index is 0.0673. The van der Waals surface area contributed by atoms with Crippen molar-refractivity contribution in [3.63, 3.8) is 0 Å². The third kappa shape index (κ3) is 2.42. The molecule has 2 aromatic heterocycles. The predicted octanol–water partition coefficient (Wildman–Crippen LogP) is -0.265. The van der Waals surface area contributed by atoms with Crippen molar-refractivity contribution >= 4 is 17.2 Å². The van der Waals surface area contributed by atoms with E-state index in [9.17, 15) is 4.79 Å². The number of hydrogen-bond donors (Lipinski definition) is 2. The SMILES string of the molecule is N#Cc1ncn(Cc2csc(C(=O)NN)n2)c1C#N. The molecule has 0 fully saturated rings. The number of nitrogens with one attached hydrogen (secondary N) is 1. The van der Waals surface area contributed by atoms with E-state index >= 15 is 0 Å². The molecule has 0 aliphatic carbocycles. The smallest absolute Gasteiger partial charge is 0.294 e. The average Bonchev–Trinajstić information content (AvgIpc) is 3.04. The first-order chi connectivity index (χ1) is 9.19. The molecule has 0 aliphatic heterocycles. The fourth-order valence-electron chi connectivity index (χ4n) is 1.42. The number of nitrogens with zero attached hydrogens (tertiary/aromatic N) is 5. The third-order valence-electron chi connectivity index (χ3n) is 2.26. The van der Waals surface area contributed by atoms with Gasteiger partial charge in [0, 0.05) is 5.38 Å². The van der Waals surface area contributed by atoms with Crippen LogP contribution in [-0.4, -0.2) is 20.4 Å². The molecular weight excluding hydrogens is 266 g/mol. The van der Waals surface area contributed by atoms with Crippen LogP contribution in [0.4, 0.5) is 0 Å². The Kier molecular flexibility index (Phi) is 3.52. The van der Waals surface area contributed by atoms with E-state index < -0.39 is 5.91 Å². The molecule has 3 N–H and O–H groups in total. The summed E-state index contributed by atoms with van der Waals surface area (Å²) in [6, 6.07) is 3.74. The van der Waals surface area contributed by atoms with Crippen LogP contribution in [0.2, 0.25) is 0 Å². The zero-order valence-corrected chi connectivity index (χ0v) is 10.3. The Morgan fingerprint density at radius 1 is 1.53 bits per heavy atom. The molecule has 0 aliphatic rings. The number of nitriles is 2. The van der Waals surface area contributed by atoms with Gasteiger partial charge in [-0.1, -0.05) is 0 Å². The van der Waals surface area contributed by atoms with Crippen LogP contribution in [0.15, 0.2) is 11.7 Å². The van der Waals surface area contributed by atoms with Crippen LogP contribution in [0.1, 0.15) is 26.9 Å². The fraction of sp³-hybridized carbons (Fsp3) is 0.100. The molecule has 94 valence electrons. The second kappa shape index (κ2) is 5.27. The zero-order chi connectivity index (χ0) is 13.8. The van der Waals surface area contributed by atoms with Gasteiger partial charge in [-0.2, -0.15) is 10.5 Å². The highest BCUT2D eigenvalue weighted by Crippen LogP contribution is 2.13. The van der Waals surface area contributed by atoms with Gasteiger partial charge in [0.2, 0.25) is 0 Å². The van der Waals surface area contributed by atoms with Gasteiger partial charge in [-0.25, -0.2) is 15.8 Å². The van der Waals surface area contributed by atoms with E-state index in [-0.39, 0.29) is 22.9 Å². The Morgan fingerprint density at radius 3 is 2.95 bits per heavy atom. The molecular formula is C10H7N7OS. The van der Waals surface area contributed by atoms with Crippen molar-refractivity contribution in [3.05, 3.63) is 33.8 Å². The summed E-state index contributed by atoms with van der Waals surface area (Å²) in [6.07, 6.45) is 1.39. The van der Waals surface area contributed by atoms with Crippen molar-refractivity contribution < 1.29 is 4.79 Å². The minimum Gasteiger partial charge on any atom is -0.315 e. The fourth-order valence-corrected chi connectivity index (χ4v) is 2.13. The van der Waals surface area contributed by atoms with E-state index in [1.165, 1.54) is 10.9 Å². The highest BCUT2D eigenvalue weighted by molar-refractivity contribution is 7.11. The molecule has 0 saturated heterocycles. The van der Waals surface area contributed by atoms with Crippen molar-refractivity contribution in [2.75, 3.05) is 0 Å². The lowest BCUT2D eigenvalue weighted by molar-refractivity contribution is 0.0953. The van der Waals surface area contributed by atoms with Gasteiger partial charge in [-0.05, 0) is 0 Å². The van der Waals surface area contributed by atoms with Gasteiger partial charge in [-0.15, -0.1) is 11.3 Å². The summed E-state index contributed by atoms with van der Waals surface area (Å²) in [6.45, 7) is 0.256. The Morgan fingerprint density at radius 2 is 2.32 bits per heavy atom. The first-order valence-corrected chi connectivity index (χ1v) is 5.88. The molecule has 9 heteroatoms. The molecule has 1 amide bonds. The minimum atomic E-state index is -0.472. The molecule has 0 atom stereocenters. The van der Waals surface area contributed by atoms with E-state index in [1.54, 1.807) is 5.38 Å². The van der Waals surface area contributed by atoms with Gasteiger partial charge >= 0.3 is 0 Å². The van der Waals surface area contributed by atoms with Gasteiger partial charge in [0.1, 0.15) is 12.1 Å². The van der Waals surface area contributed by atoms with Gasteiger partial charge in [-0.3, -0.25) is 10.2 Å². The lowest BCUT2D eigenvalue weighted by Crippen LogP contribution is -2.29. The number of thiazole rings is 1. The standard InChI is InChI=1S/C10H7N7OS/c11-1-7-8(2-12)17(5-14-7)3-6-4-19-10(15-6)9(18)16-13/h4-5H,3,13H2,(H,16,18). The first-order valence-electron chi connectivity index (χ1n) is 5.00. The zero-order valence-electron chi connectivity index (χ0n) is 9.49. The lowest BCUT2D eigenvalue weighted by atomic mass is 10.3. The quantitative estimate of drug-likeness (QED) is 0.449. The van der Waals surface area contributed by atoms with Gasteiger partial charge in [0.05, 0.1) is 18.6 Å². The summed E-state index contributed by atoms with van der Waals surface area (Å²) in [5, 5.41) is 19.7. The number of hydrogen-bond acceptors (Lipinski definition) is 7. The Labute approximate surface area is 111 Å². The molecule has 2 aromatic rings. The van der Waals surface area contributed by atoms with Crippen molar-refractivity contribution in [1.29, 1.82) is 10.5 Å². The summed E-state index contributed by atoms with van der Waals surface area (Å²) in [5.74, 6) is 4.53. The second-order valence-corrected chi connectivity index (χ2v) is 4.27. The number of imidazole rings is 1. The summed E-state index contributed by atoms with van der Waals surface area (Å²) in [7, 11) is 0. The van der Waals surface area contributed by atoms with E-state index in [1.807, 2.05) is 17.6 Å². The Balaban J connectivity index is 2.25. The normalized spacial score (nSPS) is 9.63. The number of nitrogen functional groups attached to an aromatic ring is 1. The van der Waals surface area contributed by atoms with Crippen molar-refractivity contribution in [3.8, 4) is 12.1 Å². The molecule has 0 saturated carbocycles. The number of hydrazine groups is 1. The van der Waals surface area contributed by atoms with Gasteiger partial charge in [0.15, 0.2) is 16.4 Å². The van der Waals surface area contributed by atoms with Crippen molar-refractivity contribution in [2.45, 2.75) is 6.54 Å². The number of aromatic nitrogens is 3. The lowest BCUT2D eigenvalue weighted by Gasteiger charge is -1.99. The van der Waals surface area contributed by atoms with Crippen molar-refractivity contribution in [2.24, 2.45) is 5.84 Å². The molecule has 19 heavy (non-hydrogen) atoms. The highest BCUT2D eigenvalue weighted by atomic mass is 32.1. The van der Waals surface area contributed by atoms with E-state index in [4.69, 9.17) is 16.4 Å². The monoisotopic (exact) mass is 273 g/mol. The number of carbonyl (C=O) groups excluding carboxylic acids is 1. The van der Waals surface area contributed by atoms with E-state index in [0.717, 1.165) is 11.3 Å². The topological polar surface area (TPSA) is 133 Å². The molecule has 0 unspecified atom stereocenters. The maximum atomic E-state index is 11.2. The predicted molar refractivity (Wildman–Crippen MR) is 64.5 cm³/mol. The maximum absolute atomic E-state index is 11.2. The Bertz CT molecular complexity index is 702. The molecule has 0 radical (unpaired) electrons. The molecule has 2 heterocycles. The first kappa shape index (κ1) is 12.7. The highest BCUT2D eigenvalue weighted by Gasteiger charge is 2.13. The molecule has 0 aromatic carbocycles. The van der Waals surface area contributed by atoms with Crippen LogP contribution in [0.25, 0.3) is 0 Å². The summed E-state index contributed by atoms with van der Waals surface area (Å²) >= 11 is 1.14. The Hall–Kier alpha value is -2.75. The van der Waals surface area contributed by atoms with E-state index in [0.29, 0.717) is 5.69 Å². The average molecular weight is 273 g/mol. The van der Waals surface area contributed by atoms with E-state index in [2.05, 4.69) is 9.97 Å². The van der Waals surface area contributed by atoms with Crippen LogP contribution >= 0.6 is 11.3 Å². The van der Waals surface area contributed by atoms with Crippen LogP contribution in [-0.2, 0) is 6.54 Å². The summed E-state index contributed by atoms with van der Waals surface area (Å²) in [4.78, 5) is 19.1. The van der Waals surface area contributed by atoms with Crippen LogP contribution < -0.4 is 11.3 Å². The van der Waals surface area contributed by atoms with Gasteiger partial charge < -0.3 is 4.57 Å². The molecule has 8 nitrogen and oxygen atoms in total. The number of amides is 1. The van der Waals surface area contributed by atoms with Crippen LogP contribution in [0.3, 0.4) is 0 Å². The molecule has 2 rings (SSSR count). The summed E-state index contributed by atoms with van der Waals surface area (Å²) in [5.41, 5.74) is 2.81. The number of nitrogens with two attached hydrogens (primary N) is 1. The van der Waals surface area contributed by atoms with Crippen LogP contribution in [0.5, 0.6) is 0 Å². The second-order valence-electron chi connectivity index (χ2n) is 3.41. The summed E-state index contributed by atoms with van der Waals surface area (Å²) < 4.78 is 1.50. The molecule has 0 bridgehead atoms. The van der Waals surface area contributed by atoms with Gasteiger partial charge in [0.25, 0.3) is 5.91 Å². The third-order valence-corrected chi connectivity index (χ3v) is 3.15. The maximum Gasteiger partial charge on any atom is 0.294 e.